The number of ether oxygens (including phenoxy) is 1. The Labute approximate surface area is 159 Å². The monoisotopic (exact) mass is 367 g/mol. The molecule has 0 aliphatic carbocycles. The molecule has 6 nitrogen and oxygen atoms in total. The van der Waals surface area contributed by atoms with Crippen molar-refractivity contribution in [2.24, 2.45) is 11.1 Å². The molecule has 6 heteroatoms. The Balaban J connectivity index is 1.67. The lowest BCUT2D eigenvalue weighted by Crippen LogP contribution is -2.47. The summed E-state index contributed by atoms with van der Waals surface area (Å²) in [7, 11) is 0. The van der Waals surface area contributed by atoms with Gasteiger partial charge in [-0.3, -0.25) is 14.6 Å². The summed E-state index contributed by atoms with van der Waals surface area (Å²) < 4.78 is 5.93. The second-order valence-corrected chi connectivity index (χ2v) is 7.21. The zero-order valence-electron chi connectivity index (χ0n) is 15.6. The van der Waals surface area contributed by atoms with Gasteiger partial charge in [-0.05, 0) is 43.5 Å². The quantitative estimate of drug-likeness (QED) is 0.850. The standard InChI is InChI=1S/C21H25N3O3/c1-16-6-5-11-23-19(16)20(26)24-12-9-21(10-13-24,14-18(22)25)15-27-17-7-3-2-4-8-17/h2-8,11H,9-10,12-15H2,1H3,(H2,22,25). The summed E-state index contributed by atoms with van der Waals surface area (Å²) in [6.45, 7) is 3.40. The number of hydrogen-bond acceptors (Lipinski definition) is 4. The van der Waals surface area contributed by atoms with E-state index in [0.29, 0.717) is 38.2 Å². The van der Waals surface area contributed by atoms with Gasteiger partial charge in [0.2, 0.25) is 5.91 Å². The largest absolute Gasteiger partial charge is 0.493 e. The number of likely N-dealkylation sites (tertiary alicyclic amines) is 1. The first-order chi connectivity index (χ1) is 13.0. The molecule has 1 fully saturated rings. The Hall–Kier alpha value is -2.89. The van der Waals surface area contributed by atoms with Crippen molar-refractivity contribution in [3.05, 3.63) is 59.9 Å². The number of aryl methyl sites for hydroxylation is 1. The smallest absolute Gasteiger partial charge is 0.272 e. The van der Waals surface area contributed by atoms with E-state index in [1.54, 1.807) is 11.1 Å². The Morgan fingerprint density at radius 1 is 1.15 bits per heavy atom. The second-order valence-electron chi connectivity index (χ2n) is 7.21. The summed E-state index contributed by atoms with van der Waals surface area (Å²) in [5, 5.41) is 0. The lowest BCUT2D eigenvalue weighted by Gasteiger charge is -2.41. The Morgan fingerprint density at radius 3 is 2.48 bits per heavy atom. The second kappa shape index (κ2) is 8.20. The van der Waals surface area contributed by atoms with Gasteiger partial charge < -0.3 is 15.4 Å². The zero-order valence-corrected chi connectivity index (χ0v) is 15.6. The van der Waals surface area contributed by atoms with Crippen LogP contribution < -0.4 is 10.5 Å². The molecule has 1 aliphatic heterocycles. The maximum Gasteiger partial charge on any atom is 0.272 e. The third-order valence-electron chi connectivity index (χ3n) is 5.16. The van der Waals surface area contributed by atoms with Gasteiger partial charge in [0.25, 0.3) is 5.91 Å². The van der Waals surface area contributed by atoms with E-state index < -0.39 is 0 Å². The molecule has 2 aromatic rings. The summed E-state index contributed by atoms with van der Waals surface area (Å²) in [6, 6.07) is 13.2. The van der Waals surface area contributed by atoms with Crippen LogP contribution in [0.2, 0.25) is 0 Å². The highest BCUT2D eigenvalue weighted by Crippen LogP contribution is 2.36. The average Bonchev–Trinajstić information content (AvgIpc) is 2.67. The molecule has 0 atom stereocenters. The molecule has 0 radical (unpaired) electrons. The van der Waals surface area contributed by atoms with Gasteiger partial charge in [-0.15, -0.1) is 0 Å². The van der Waals surface area contributed by atoms with Crippen LogP contribution in [-0.4, -0.2) is 41.4 Å². The van der Waals surface area contributed by atoms with Crippen molar-refractivity contribution in [3.63, 3.8) is 0 Å². The van der Waals surface area contributed by atoms with Gasteiger partial charge in [-0.2, -0.15) is 0 Å². The Bertz CT molecular complexity index is 799. The topological polar surface area (TPSA) is 85.5 Å². The van der Waals surface area contributed by atoms with Crippen LogP contribution in [0.3, 0.4) is 0 Å². The van der Waals surface area contributed by atoms with E-state index in [1.807, 2.05) is 49.4 Å². The maximum atomic E-state index is 12.8. The van der Waals surface area contributed by atoms with Crippen LogP contribution in [-0.2, 0) is 4.79 Å². The van der Waals surface area contributed by atoms with Crippen molar-refractivity contribution >= 4 is 11.8 Å². The molecule has 1 saturated heterocycles. The number of carbonyl (C=O) groups excluding carboxylic acids is 2. The first kappa shape index (κ1) is 18.9. The third-order valence-corrected chi connectivity index (χ3v) is 5.16. The number of primary amides is 1. The highest BCUT2D eigenvalue weighted by atomic mass is 16.5. The molecule has 1 aromatic carbocycles. The molecule has 142 valence electrons. The van der Waals surface area contributed by atoms with Crippen molar-refractivity contribution < 1.29 is 14.3 Å². The summed E-state index contributed by atoms with van der Waals surface area (Å²) in [4.78, 5) is 30.4. The Morgan fingerprint density at radius 2 is 1.85 bits per heavy atom. The molecule has 2 amide bonds. The van der Waals surface area contributed by atoms with E-state index in [-0.39, 0.29) is 23.7 Å². The van der Waals surface area contributed by atoms with E-state index in [0.717, 1.165) is 11.3 Å². The van der Waals surface area contributed by atoms with E-state index in [9.17, 15) is 9.59 Å². The average molecular weight is 367 g/mol. The van der Waals surface area contributed by atoms with Crippen LogP contribution in [0.4, 0.5) is 0 Å². The van der Waals surface area contributed by atoms with Crippen LogP contribution >= 0.6 is 0 Å². The third kappa shape index (κ3) is 4.64. The van der Waals surface area contributed by atoms with Crippen LogP contribution in [0.1, 0.15) is 35.3 Å². The predicted molar refractivity (Wildman–Crippen MR) is 102 cm³/mol. The molecular formula is C21H25N3O3. The lowest BCUT2D eigenvalue weighted by molar-refractivity contribution is -0.121. The molecule has 3 rings (SSSR count). The van der Waals surface area contributed by atoms with Gasteiger partial charge >= 0.3 is 0 Å². The number of amides is 2. The zero-order chi connectivity index (χ0) is 19.3. The van der Waals surface area contributed by atoms with Crippen LogP contribution in [0, 0.1) is 12.3 Å². The van der Waals surface area contributed by atoms with Gasteiger partial charge in [0.05, 0.1) is 6.61 Å². The molecule has 0 unspecified atom stereocenters. The molecule has 0 spiro atoms. The first-order valence-electron chi connectivity index (χ1n) is 9.16. The molecule has 0 bridgehead atoms. The fourth-order valence-electron chi connectivity index (χ4n) is 3.54. The maximum absolute atomic E-state index is 12.8. The summed E-state index contributed by atoms with van der Waals surface area (Å²) in [6.07, 6.45) is 3.22. The van der Waals surface area contributed by atoms with Crippen LogP contribution in [0.15, 0.2) is 48.7 Å². The number of hydrogen-bond donors (Lipinski definition) is 1. The number of carbonyl (C=O) groups is 2. The Kier molecular flexibility index (Phi) is 5.74. The molecular weight excluding hydrogens is 342 g/mol. The van der Waals surface area contributed by atoms with E-state index in [4.69, 9.17) is 10.5 Å². The number of nitrogens with two attached hydrogens (primary N) is 1. The summed E-state index contributed by atoms with van der Waals surface area (Å²) >= 11 is 0. The fraction of sp³-hybridized carbons (Fsp3) is 0.381. The summed E-state index contributed by atoms with van der Waals surface area (Å²) in [5.74, 6) is 0.362. The van der Waals surface area contributed by atoms with Crippen molar-refractivity contribution in [3.8, 4) is 5.75 Å². The predicted octanol–water partition coefficient (Wildman–Crippen LogP) is 2.57. The number of benzene rings is 1. The van der Waals surface area contributed by atoms with Gasteiger partial charge in [-0.1, -0.05) is 24.3 Å². The SMILES string of the molecule is Cc1cccnc1C(=O)N1CCC(COc2ccccc2)(CC(N)=O)CC1. The molecule has 2 heterocycles. The van der Waals surface area contributed by atoms with E-state index >= 15 is 0 Å². The minimum atomic E-state index is -0.350. The number of nitrogens with zero attached hydrogens (tertiary/aromatic N) is 2. The molecule has 1 aliphatic rings. The highest BCUT2D eigenvalue weighted by molar-refractivity contribution is 5.93. The van der Waals surface area contributed by atoms with Gasteiger partial charge in [0, 0.05) is 31.1 Å². The van der Waals surface area contributed by atoms with Gasteiger partial charge in [-0.25, -0.2) is 0 Å². The summed E-state index contributed by atoms with van der Waals surface area (Å²) in [5.41, 5.74) is 6.50. The fourth-order valence-corrected chi connectivity index (χ4v) is 3.54. The van der Waals surface area contributed by atoms with E-state index in [1.165, 1.54) is 0 Å². The number of aromatic nitrogens is 1. The van der Waals surface area contributed by atoms with Crippen molar-refractivity contribution in [2.75, 3.05) is 19.7 Å². The normalized spacial score (nSPS) is 16.0. The first-order valence-corrected chi connectivity index (χ1v) is 9.16. The number of para-hydroxylation sites is 1. The minimum Gasteiger partial charge on any atom is -0.493 e. The van der Waals surface area contributed by atoms with Gasteiger partial charge in [0.1, 0.15) is 11.4 Å². The molecule has 27 heavy (non-hydrogen) atoms. The molecule has 2 N–H and O–H groups in total. The highest BCUT2D eigenvalue weighted by Gasteiger charge is 2.38. The lowest BCUT2D eigenvalue weighted by atomic mass is 9.76. The minimum absolute atomic E-state index is 0.0650. The van der Waals surface area contributed by atoms with Crippen molar-refractivity contribution in [1.82, 2.24) is 9.88 Å². The molecule has 1 aromatic heterocycles. The van der Waals surface area contributed by atoms with Crippen molar-refractivity contribution in [1.29, 1.82) is 0 Å². The number of rotatable bonds is 6. The van der Waals surface area contributed by atoms with E-state index in [2.05, 4.69) is 4.98 Å². The molecule has 0 saturated carbocycles. The van der Waals surface area contributed by atoms with Crippen LogP contribution in [0.25, 0.3) is 0 Å². The van der Waals surface area contributed by atoms with Crippen LogP contribution in [0.5, 0.6) is 5.75 Å². The number of piperidine rings is 1. The van der Waals surface area contributed by atoms with Gasteiger partial charge in [0.15, 0.2) is 0 Å². The van der Waals surface area contributed by atoms with Crippen molar-refractivity contribution in [2.45, 2.75) is 26.2 Å². The number of pyridine rings is 1.